The zero-order chi connectivity index (χ0) is 12.7. The summed E-state index contributed by atoms with van der Waals surface area (Å²) in [6.07, 6.45) is 0. The Kier molecular flexibility index (Phi) is 2.59. The normalized spacial score (nSPS) is 13.7. The predicted octanol–water partition coefficient (Wildman–Crippen LogP) is 2.07. The van der Waals surface area contributed by atoms with Gasteiger partial charge in [-0.05, 0) is 32.9 Å². The number of nitrogens with one attached hydrogen (secondary N) is 1. The van der Waals surface area contributed by atoms with Gasteiger partial charge in [-0.25, -0.2) is 9.97 Å². The third-order valence-electron chi connectivity index (χ3n) is 3.23. The van der Waals surface area contributed by atoms with Crippen LogP contribution in [0.2, 0.25) is 0 Å². The summed E-state index contributed by atoms with van der Waals surface area (Å²) >= 11 is 0. The van der Waals surface area contributed by atoms with E-state index >= 15 is 0 Å². The molecular weight excluding hydrogens is 224 g/mol. The van der Waals surface area contributed by atoms with Crippen molar-refractivity contribution in [3.05, 3.63) is 40.5 Å². The summed E-state index contributed by atoms with van der Waals surface area (Å²) in [4.78, 5) is 13.7. The van der Waals surface area contributed by atoms with Crippen LogP contribution in [0.1, 0.15) is 28.3 Å². The molecule has 0 aliphatic carbocycles. The minimum absolute atomic E-state index is 0.809. The minimum Gasteiger partial charge on any atom is -0.307 e. The molecule has 18 heavy (non-hydrogen) atoms. The topological polar surface area (TPSA) is 50.7 Å². The first-order valence-corrected chi connectivity index (χ1v) is 6.16. The molecule has 4 nitrogen and oxygen atoms in total. The van der Waals surface area contributed by atoms with Crippen molar-refractivity contribution < 1.29 is 0 Å². The van der Waals surface area contributed by atoms with Crippen LogP contribution in [0, 0.1) is 20.8 Å². The summed E-state index contributed by atoms with van der Waals surface area (Å²) in [6, 6.07) is 4.08. The highest BCUT2D eigenvalue weighted by Crippen LogP contribution is 2.22. The Morgan fingerprint density at radius 3 is 2.39 bits per heavy atom. The van der Waals surface area contributed by atoms with E-state index in [9.17, 15) is 0 Å². The number of hydrogen-bond acceptors (Lipinski definition) is 4. The molecule has 2 aromatic rings. The van der Waals surface area contributed by atoms with Crippen molar-refractivity contribution in [1.29, 1.82) is 0 Å². The standard InChI is InChI=1S/C14H16N4/c1-8-4-11(5-9(2)16-8)14-17-10(3)12-6-15-7-13(12)18-14/h4-5,15H,6-7H2,1-3H3. The van der Waals surface area contributed by atoms with Gasteiger partial charge >= 0.3 is 0 Å². The van der Waals surface area contributed by atoms with E-state index in [-0.39, 0.29) is 0 Å². The zero-order valence-corrected chi connectivity index (χ0v) is 10.9. The van der Waals surface area contributed by atoms with Crippen LogP contribution >= 0.6 is 0 Å². The van der Waals surface area contributed by atoms with Crippen LogP contribution in [-0.2, 0) is 13.1 Å². The van der Waals surface area contributed by atoms with Gasteiger partial charge in [0, 0.05) is 41.3 Å². The van der Waals surface area contributed by atoms with Crippen molar-refractivity contribution in [2.24, 2.45) is 0 Å². The van der Waals surface area contributed by atoms with E-state index < -0.39 is 0 Å². The van der Waals surface area contributed by atoms with Crippen LogP contribution in [0.15, 0.2) is 12.1 Å². The van der Waals surface area contributed by atoms with E-state index in [0.29, 0.717) is 0 Å². The van der Waals surface area contributed by atoms with Gasteiger partial charge < -0.3 is 5.32 Å². The summed E-state index contributed by atoms with van der Waals surface area (Å²) < 4.78 is 0. The Morgan fingerprint density at radius 2 is 1.67 bits per heavy atom. The van der Waals surface area contributed by atoms with Crippen LogP contribution in [0.3, 0.4) is 0 Å². The fourth-order valence-electron chi connectivity index (χ4n) is 2.43. The summed E-state index contributed by atoms with van der Waals surface area (Å²) in [5, 5.41) is 3.32. The Balaban J connectivity index is 2.15. The zero-order valence-electron chi connectivity index (χ0n) is 10.9. The van der Waals surface area contributed by atoms with Crippen molar-refractivity contribution >= 4 is 0 Å². The molecule has 0 atom stereocenters. The Hall–Kier alpha value is -1.81. The van der Waals surface area contributed by atoms with E-state index in [1.165, 1.54) is 5.56 Å². The number of rotatable bonds is 1. The average Bonchev–Trinajstić information content (AvgIpc) is 2.76. The van der Waals surface area contributed by atoms with Gasteiger partial charge in [0.1, 0.15) is 0 Å². The van der Waals surface area contributed by atoms with Crippen molar-refractivity contribution in [1.82, 2.24) is 20.3 Å². The first-order chi connectivity index (χ1) is 8.63. The summed E-state index contributed by atoms with van der Waals surface area (Å²) in [7, 11) is 0. The highest BCUT2D eigenvalue weighted by Gasteiger charge is 2.17. The second-order valence-electron chi connectivity index (χ2n) is 4.80. The molecule has 92 valence electrons. The predicted molar refractivity (Wildman–Crippen MR) is 70.0 cm³/mol. The highest BCUT2D eigenvalue weighted by atomic mass is 15.0. The summed E-state index contributed by atoms with van der Waals surface area (Å²) in [5.41, 5.74) is 6.52. The van der Waals surface area contributed by atoms with Gasteiger partial charge in [0.05, 0.1) is 5.69 Å². The van der Waals surface area contributed by atoms with Crippen molar-refractivity contribution in [3.8, 4) is 11.4 Å². The van der Waals surface area contributed by atoms with Crippen molar-refractivity contribution in [2.45, 2.75) is 33.9 Å². The molecule has 0 spiro atoms. The molecule has 1 aliphatic rings. The molecule has 0 saturated heterocycles. The van der Waals surface area contributed by atoms with Crippen LogP contribution in [0.4, 0.5) is 0 Å². The van der Waals surface area contributed by atoms with Crippen molar-refractivity contribution in [2.75, 3.05) is 0 Å². The molecular formula is C14H16N4. The largest absolute Gasteiger partial charge is 0.307 e. The van der Waals surface area contributed by atoms with E-state index in [4.69, 9.17) is 0 Å². The maximum Gasteiger partial charge on any atom is 0.159 e. The second kappa shape index (κ2) is 4.14. The van der Waals surface area contributed by atoms with Crippen molar-refractivity contribution in [3.63, 3.8) is 0 Å². The quantitative estimate of drug-likeness (QED) is 0.829. The number of fused-ring (bicyclic) bond motifs is 1. The molecule has 3 heterocycles. The smallest absolute Gasteiger partial charge is 0.159 e. The van der Waals surface area contributed by atoms with Crippen LogP contribution in [-0.4, -0.2) is 15.0 Å². The number of aromatic nitrogens is 3. The molecule has 0 radical (unpaired) electrons. The third kappa shape index (κ3) is 1.88. The van der Waals surface area contributed by atoms with E-state index in [2.05, 4.69) is 27.2 Å². The van der Waals surface area contributed by atoms with Crippen LogP contribution in [0.5, 0.6) is 0 Å². The summed E-state index contributed by atoms with van der Waals surface area (Å²) in [6.45, 7) is 7.78. The van der Waals surface area contributed by atoms with E-state index in [1.807, 2.05) is 26.0 Å². The first-order valence-electron chi connectivity index (χ1n) is 6.16. The number of pyridine rings is 1. The van der Waals surface area contributed by atoms with Gasteiger partial charge in [-0.2, -0.15) is 0 Å². The number of nitrogens with zero attached hydrogens (tertiary/aromatic N) is 3. The number of aryl methyl sites for hydroxylation is 3. The molecule has 0 aromatic carbocycles. The lowest BCUT2D eigenvalue weighted by Gasteiger charge is -2.07. The minimum atomic E-state index is 0.809. The molecule has 0 saturated carbocycles. The van der Waals surface area contributed by atoms with Gasteiger partial charge in [-0.15, -0.1) is 0 Å². The average molecular weight is 240 g/mol. The number of hydrogen-bond donors (Lipinski definition) is 1. The molecule has 0 fully saturated rings. The highest BCUT2D eigenvalue weighted by molar-refractivity contribution is 5.57. The van der Waals surface area contributed by atoms with Gasteiger partial charge in [0.15, 0.2) is 5.82 Å². The maximum atomic E-state index is 4.67. The molecule has 0 amide bonds. The Bertz CT molecular complexity index is 599. The SMILES string of the molecule is Cc1cc(-c2nc(C)c3c(n2)CNC3)cc(C)n1. The fraction of sp³-hybridized carbons (Fsp3) is 0.357. The lowest BCUT2D eigenvalue weighted by atomic mass is 10.1. The Morgan fingerprint density at radius 1 is 0.944 bits per heavy atom. The lowest BCUT2D eigenvalue weighted by molar-refractivity contribution is 0.757. The fourth-order valence-corrected chi connectivity index (χ4v) is 2.43. The van der Waals surface area contributed by atoms with E-state index in [1.54, 1.807) is 0 Å². The van der Waals surface area contributed by atoms with Gasteiger partial charge in [0.25, 0.3) is 0 Å². The molecule has 2 aromatic heterocycles. The molecule has 0 unspecified atom stereocenters. The van der Waals surface area contributed by atoms with Gasteiger partial charge in [0.2, 0.25) is 0 Å². The van der Waals surface area contributed by atoms with Gasteiger partial charge in [-0.3, -0.25) is 4.98 Å². The van der Waals surface area contributed by atoms with E-state index in [0.717, 1.165) is 47.3 Å². The third-order valence-corrected chi connectivity index (χ3v) is 3.23. The Labute approximate surface area is 107 Å². The van der Waals surface area contributed by atoms with Gasteiger partial charge in [-0.1, -0.05) is 0 Å². The molecule has 3 rings (SSSR count). The molecule has 4 heteroatoms. The first kappa shape index (κ1) is 11.3. The monoisotopic (exact) mass is 240 g/mol. The second-order valence-corrected chi connectivity index (χ2v) is 4.80. The lowest BCUT2D eigenvalue weighted by Crippen LogP contribution is -2.00. The molecule has 0 bridgehead atoms. The van der Waals surface area contributed by atoms with Crippen LogP contribution < -0.4 is 5.32 Å². The maximum absolute atomic E-state index is 4.67. The van der Waals surface area contributed by atoms with Crippen LogP contribution in [0.25, 0.3) is 11.4 Å². The molecule has 1 aliphatic heterocycles. The molecule has 1 N–H and O–H groups in total. The summed E-state index contributed by atoms with van der Waals surface area (Å²) in [5.74, 6) is 0.809.